The Hall–Kier alpha value is -2.58. The first-order chi connectivity index (χ1) is 13.0. The van der Waals surface area contributed by atoms with Gasteiger partial charge in [-0.2, -0.15) is 0 Å². The quantitative estimate of drug-likeness (QED) is 0.325. The number of nitrogens with zero attached hydrogens (tertiary/aromatic N) is 2. The number of halogens is 2. The van der Waals surface area contributed by atoms with Crippen LogP contribution in [0.25, 0.3) is 11.8 Å². The molecule has 1 aromatic heterocycles. The zero-order chi connectivity index (χ0) is 19.0. The van der Waals surface area contributed by atoms with Crippen molar-refractivity contribution in [2.45, 2.75) is 0 Å². The third kappa shape index (κ3) is 3.50. The third-order valence-corrected chi connectivity index (χ3v) is 5.08. The molecular formula is C20H13ClIN3O2. The van der Waals surface area contributed by atoms with Crippen LogP contribution in [0.1, 0.15) is 5.69 Å². The number of carbonyl (C=O) groups excluding carboxylic acids is 2. The zero-order valence-corrected chi connectivity index (χ0v) is 16.8. The number of amides is 3. The predicted octanol–water partition coefficient (Wildman–Crippen LogP) is 4.83. The fourth-order valence-corrected chi connectivity index (χ4v) is 3.43. The van der Waals surface area contributed by atoms with Crippen LogP contribution in [0.15, 0.2) is 72.6 Å². The molecule has 4 rings (SSSR count). The highest BCUT2D eigenvalue weighted by Crippen LogP contribution is 2.25. The lowest BCUT2D eigenvalue weighted by Gasteiger charge is -2.11. The summed E-state index contributed by atoms with van der Waals surface area (Å²) in [6.07, 6.45) is 3.58. The molecule has 27 heavy (non-hydrogen) atoms. The smallest absolute Gasteiger partial charge is 0.317 e. The number of hydrogen-bond acceptors (Lipinski definition) is 2. The van der Waals surface area contributed by atoms with Gasteiger partial charge in [0.2, 0.25) is 0 Å². The minimum Gasteiger partial charge on any atom is -0.317 e. The molecule has 3 amide bonds. The van der Waals surface area contributed by atoms with Crippen molar-refractivity contribution >= 4 is 57.9 Å². The molecule has 0 bridgehead atoms. The number of rotatable bonds is 3. The van der Waals surface area contributed by atoms with Crippen molar-refractivity contribution in [3.05, 3.63) is 86.8 Å². The number of aromatic nitrogens is 1. The van der Waals surface area contributed by atoms with Crippen LogP contribution in [0.3, 0.4) is 0 Å². The van der Waals surface area contributed by atoms with Gasteiger partial charge in [0.15, 0.2) is 0 Å². The van der Waals surface area contributed by atoms with Gasteiger partial charge in [-0.05, 0) is 83.3 Å². The fraction of sp³-hybridized carbons (Fsp3) is 0. The summed E-state index contributed by atoms with van der Waals surface area (Å²) in [5.74, 6) is -0.419. The Kier molecular flexibility index (Phi) is 4.75. The first kappa shape index (κ1) is 17.8. The lowest BCUT2D eigenvalue weighted by atomic mass is 10.2. The molecule has 134 valence electrons. The van der Waals surface area contributed by atoms with Gasteiger partial charge in [-0.15, -0.1) is 0 Å². The van der Waals surface area contributed by atoms with Crippen LogP contribution in [0.2, 0.25) is 5.02 Å². The second-order valence-electron chi connectivity index (χ2n) is 5.89. The molecule has 2 heterocycles. The molecule has 0 unspecified atom stereocenters. The molecule has 0 aliphatic carbocycles. The fourth-order valence-electron chi connectivity index (χ4n) is 2.88. The number of imide groups is 1. The van der Waals surface area contributed by atoms with Crippen molar-refractivity contribution in [2.24, 2.45) is 0 Å². The van der Waals surface area contributed by atoms with Crippen molar-refractivity contribution < 1.29 is 9.59 Å². The van der Waals surface area contributed by atoms with Crippen LogP contribution in [0.4, 0.5) is 10.5 Å². The van der Waals surface area contributed by atoms with Crippen LogP contribution < -0.4 is 10.2 Å². The van der Waals surface area contributed by atoms with Gasteiger partial charge in [-0.1, -0.05) is 17.7 Å². The van der Waals surface area contributed by atoms with Crippen molar-refractivity contribution in [2.75, 3.05) is 4.90 Å². The van der Waals surface area contributed by atoms with Gasteiger partial charge in [-0.3, -0.25) is 4.79 Å². The monoisotopic (exact) mass is 489 g/mol. The summed E-state index contributed by atoms with van der Waals surface area (Å²) in [5.41, 5.74) is 2.40. The van der Waals surface area contributed by atoms with E-state index in [2.05, 4.69) is 27.9 Å². The highest BCUT2D eigenvalue weighted by Gasteiger charge is 2.35. The molecule has 3 aromatic rings. The van der Waals surface area contributed by atoms with Gasteiger partial charge in [0.25, 0.3) is 5.91 Å². The molecular weight excluding hydrogens is 477 g/mol. The van der Waals surface area contributed by atoms with Gasteiger partial charge >= 0.3 is 6.03 Å². The summed E-state index contributed by atoms with van der Waals surface area (Å²) in [5, 5.41) is 3.10. The number of urea groups is 1. The van der Waals surface area contributed by atoms with E-state index in [1.54, 1.807) is 30.3 Å². The van der Waals surface area contributed by atoms with Gasteiger partial charge in [0.05, 0.1) is 5.69 Å². The van der Waals surface area contributed by atoms with Gasteiger partial charge < -0.3 is 9.88 Å². The molecule has 0 radical (unpaired) electrons. The van der Waals surface area contributed by atoms with E-state index >= 15 is 0 Å². The molecule has 0 atom stereocenters. The maximum atomic E-state index is 12.8. The molecule has 7 heteroatoms. The number of anilines is 1. The maximum Gasteiger partial charge on any atom is 0.333 e. The average Bonchev–Trinajstić information content (AvgIpc) is 3.20. The average molecular weight is 490 g/mol. The minimum atomic E-state index is -0.499. The first-order valence-corrected chi connectivity index (χ1v) is 9.54. The van der Waals surface area contributed by atoms with Gasteiger partial charge in [-0.25, -0.2) is 9.69 Å². The number of hydrogen-bond donors (Lipinski definition) is 1. The molecule has 2 aromatic carbocycles. The topological polar surface area (TPSA) is 54.3 Å². The Bertz CT molecular complexity index is 1070. The molecule has 0 saturated carbocycles. The van der Waals surface area contributed by atoms with E-state index in [4.69, 9.17) is 11.6 Å². The summed E-state index contributed by atoms with van der Waals surface area (Å²) < 4.78 is 3.09. The minimum absolute atomic E-state index is 0.213. The Labute approximate surface area is 174 Å². The van der Waals surface area contributed by atoms with Crippen LogP contribution in [-0.4, -0.2) is 16.5 Å². The summed E-state index contributed by atoms with van der Waals surface area (Å²) in [6.45, 7) is 0. The molecule has 1 aliphatic rings. The normalized spacial score (nSPS) is 15.5. The molecule has 0 spiro atoms. The summed E-state index contributed by atoms with van der Waals surface area (Å²) >= 11 is 8.23. The van der Waals surface area contributed by atoms with E-state index in [9.17, 15) is 9.59 Å². The molecule has 5 nitrogen and oxygen atoms in total. The van der Waals surface area contributed by atoms with E-state index in [1.807, 2.05) is 47.2 Å². The van der Waals surface area contributed by atoms with Crippen LogP contribution in [-0.2, 0) is 4.79 Å². The lowest BCUT2D eigenvalue weighted by Crippen LogP contribution is -2.30. The van der Waals surface area contributed by atoms with Crippen molar-refractivity contribution in [1.29, 1.82) is 0 Å². The predicted molar refractivity (Wildman–Crippen MR) is 114 cm³/mol. The van der Waals surface area contributed by atoms with E-state index in [0.29, 0.717) is 10.7 Å². The third-order valence-electron chi connectivity index (χ3n) is 4.12. The molecule has 1 N–H and O–H groups in total. The first-order valence-electron chi connectivity index (χ1n) is 8.09. The lowest BCUT2D eigenvalue weighted by molar-refractivity contribution is -0.113. The highest BCUT2D eigenvalue weighted by molar-refractivity contribution is 14.1. The van der Waals surface area contributed by atoms with E-state index in [1.165, 1.54) is 0 Å². The van der Waals surface area contributed by atoms with E-state index < -0.39 is 11.9 Å². The second kappa shape index (κ2) is 7.21. The summed E-state index contributed by atoms with van der Waals surface area (Å²) in [6, 6.07) is 17.9. The van der Waals surface area contributed by atoms with Crippen LogP contribution >= 0.6 is 34.2 Å². The van der Waals surface area contributed by atoms with Gasteiger partial charge in [0.1, 0.15) is 5.70 Å². The van der Waals surface area contributed by atoms with Crippen molar-refractivity contribution in [1.82, 2.24) is 9.88 Å². The maximum absolute atomic E-state index is 12.8. The van der Waals surface area contributed by atoms with E-state index in [-0.39, 0.29) is 5.70 Å². The van der Waals surface area contributed by atoms with Gasteiger partial charge in [0, 0.05) is 26.2 Å². The zero-order valence-electron chi connectivity index (χ0n) is 13.9. The molecule has 1 saturated heterocycles. The second-order valence-corrected chi connectivity index (χ2v) is 7.57. The van der Waals surface area contributed by atoms with Crippen LogP contribution in [0.5, 0.6) is 0 Å². The molecule has 1 aliphatic heterocycles. The Morgan fingerprint density at radius 1 is 0.963 bits per heavy atom. The Morgan fingerprint density at radius 3 is 2.48 bits per heavy atom. The van der Waals surface area contributed by atoms with Crippen molar-refractivity contribution in [3.63, 3.8) is 0 Å². The highest BCUT2D eigenvalue weighted by atomic mass is 127. The molecule has 1 fully saturated rings. The number of nitrogens with one attached hydrogen (secondary N) is 1. The van der Waals surface area contributed by atoms with Crippen LogP contribution in [0, 0.1) is 3.57 Å². The standard InChI is InChI=1S/C20H13ClIN3O2/c21-13-3-1-4-17(11-13)25-19(26)18(23-20(25)27)12-16-5-2-10-24(16)15-8-6-14(22)7-9-15/h1-12H,(H,23,27)/b18-12-. The Morgan fingerprint density at radius 2 is 1.74 bits per heavy atom. The number of benzene rings is 2. The summed E-state index contributed by atoms with van der Waals surface area (Å²) in [7, 11) is 0. The SMILES string of the molecule is O=C1N/C(=C\c2cccn2-c2ccc(I)cc2)C(=O)N1c1cccc(Cl)c1. The largest absolute Gasteiger partial charge is 0.333 e. The Balaban J connectivity index is 1.68. The summed E-state index contributed by atoms with van der Waals surface area (Å²) in [4.78, 5) is 26.2. The van der Waals surface area contributed by atoms with Crippen molar-refractivity contribution in [3.8, 4) is 5.69 Å². The number of carbonyl (C=O) groups is 2. The van der Waals surface area contributed by atoms with E-state index in [0.717, 1.165) is 19.9 Å².